The van der Waals surface area contributed by atoms with Gasteiger partial charge in [0.2, 0.25) is 5.91 Å². The zero-order valence-corrected chi connectivity index (χ0v) is 12.0. The summed E-state index contributed by atoms with van der Waals surface area (Å²) in [4.78, 5) is 11.9. The van der Waals surface area contributed by atoms with E-state index in [0.29, 0.717) is 0 Å². The van der Waals surface area contributed by atoms with Crippen LogP contribution in [-0.4, -0.2) is 18.0 Å². The van der Waals surface area contributed by atoms with Crippen LogP contribution >= 0.6 is 0 Å². The third kappa shape index (κ3) is 4.99. The van der Waals surface area contributed by atoms with Crippen molar-refractivity contribution in [2.24, 2.45) is 0 Å². The maximum absolute atomic E-state index is 13.2. The highest BCUT2D eigenvalue weighted by molar-refractivity contribution is 5.81. The maximum Gasteiger partial charge on any atom is 0.237 e. The van der Waals surface area contributed by atoms with Crippen molar-refractivity contribution >= 4 is 5.91 Å². The lowest BCUT2D eigenvalue weighted by molar-refractivity contribution is -0.123. The molecule has 3 nitrogen and oxygen atoms in total. The molecule has 0 bridgehead atoms. The predicted molar refractivity (Wildman–Crippen MR) is 75.3 cm³/mol. The van der Waals surface area contributed by atoms with Crippen LogP contribution in [0.3, 0.4) is 0 Å². The fraction of sp³-hybridized carbons (Fsp3) is 0.533. The van der Waals surface area contributed by atoms with E-state index >= 15 is 0 Å². The summed E-state index contributed by atoms with van der Waals surface area (Å²) in [5.74, 6) is -0.290. The molecule has 0 fully saturated rings. The number of amides is 1. The Kier molecular flexibility index (Phi) is 5.96. The van der Waals surface area contributed by atoms with Crippen molar-refractivity contribution in [2.75, 3.05) is 0 Å². The Morgan fingerprint density at radius 2 is 2.00 bits per heavy atom. The minimum Gasteiger partial charge on any atom is -0.353 e. The number of nitrogens with one attached hydrogen (secondary N) is 2. The quantitative estimate of drug-likeness (QED) is 0.831. The second kappa shape index (κ2) is 7.24. The van der Waals surface area contributed by atoms with Gasteiger partial charge in [-0.15, -0.1) is 0 Å². The molecular formula is C15H23FN2O. The Morgan fingerprint density at radius 3 is 2.53 bits per heavy atom. The molecule has 0 heterocycles. The van der Waals surface area contributed by atoms with Crippen molar-refractivity contribution in [1.82, 2.24) is 10.6 Å². The van der Waals surface area contributed by atoms with E-state index in [9.17, 15) is 9.18 Å². The fourth-order valence-electron chi connectivity index (χ4n) is 1.96. The minimum atomic E-state index is -0.310. The molecule has 1 aromatic carbocycles. The SMILES string of the molecule is CCC(NC(C)C(=O)NC(C)C)c1cccc(F)c1. The average Bonchev–Trinajstić information content (AvgIpc) is 2.34. The molecule has 1 aromatic rings. The summed E-state index contributed by atoms with van der Waals surface area (Å²) < 4.78 is 13.2. The van der Waals surface area contributed by atoms with Crippen LogP contribution in [0.2, 0.25) is 0 Å². The molecule has 106 valence electrons. The first-order valence-corrected chi connectivity index (χ1v) is 6.76. The average molecular weight is 266 g/mol. The van der Waals surface area contributed by atoms with Gasteiger partial charge in [-0.2, -0.15) is 0 Å². The van der Waals surface area contributed by atoms with Crippen molar-refractivity contribution in [3.63, 3.8) is 0 Å². The highest BCUT2D eigenvalue weighted by Crippen LogP contribution is 2.18. The molecule has 0 radical (unpaired) electrons. The molecule has 4 heteroatoms. The van der Waals surface area contributed by atoms with Crippen molar-refractivity contribution in [1.29, 1.82) is 0 Å². The van der Waals surface area contributed by atoms with Crippen LogP contribution in [0.1, 0.15) is 45.7 Å². The number of carbonyl (C=O) groups excluding carboxylic acids is 1. The minimum absolute atomic E-state index is 0.0244. The summed E-state index contributed by atoms with van der Waals surface area (Å²) in [7, 11) is 0. The zero-order chi connectivity index (χ0) is 14.4. The number of halogens is 1. The van der Waals surface area contributed by atoms with Gasteiger partial charge in [0.05, 0.1) is 6.04 Å². The summed E-state index contributed by atoms with van der Waals surface area (Å²) in [5, 5.41) is 6.10. The predicted octanol–water partition coefficient (Wildman–Crippen LogP) is 2.78. The van der Waals surface area contributed by atoms with Crippen molar-refractivity contribution < 1.29 is 9.18 Å². The van der Waals surface area contributed by atoms with Crippen LogP contribution < -0.4 is 10.6 Å². The first-order valence-electron chi connectivity index (χ1n) is 6.76. The van der Waals surface area contributed by atoms with Gasteiger partial charge < -0.3 is 5.32 Å². The first kappa shape index (κ1) is 15.6. The number of hydrogen-bond acceptors (Lipinski definition) is 2. The van der Waals surface area contributed by atoms with E-state index in [1.165, 1.54) is 12.1 Å². The van der Waals surface area contributed by atoms with E-state index in [2.05, 4.69) is 10.6 Å². The molecule has 1 rings (SSSR count). The second-order valence-electron chi connectivity index (χ2n) is 5.07. The Balaban J connectivity index is 2.69. The van der Waals surface area contributed by atoms with Gasteiger partial charge in [0, 0.05) is 12.1 Å². The topological polar surface area (TPSA) is 41.1 Å². The molecule has 0 saturated heterocycles. The Morgan fingerprint density at radius 1 is 1.32 bits per heavy atom. The Hall–Kier alpha value is -1.42. The van der Waals surface area contributed by atoms with Crippen molar-refractivity contribution in [2.45, 2.75) is 52.2 Å². The van der Waals surface area contributed by atoms with Gasteiger partial charge in [0.15, 0.2) is 0 Å². The van der Waals surface area contributed by atoms with Gasteiger partial charge in [-0.3, -0.25) is 10.1 Å². The maximum atomic E-state index is 13.2. The highest BCUT2D eigenvalue weighted by Gasteiger charge is 2.18. The molecule has 0 aliphatic carbocycles. The van der Waals surface area contributed by atoms with Crippen LogP contribution in [0.4, 0.5) is 4.39 Å². The van der Waals surface area contributed by atoms with E-state index in [1.807, 2.05) is 33.8 Å². The highest BCUT2D eigenvalue weighted by atomic mass is 19.1. The van der Waals surface area contributed by atoms with Crippen LogP contribution in [0.15, 0.2) is 24.3 Å². The first-order chi connectivity index (χ1) is 8.93. The summed E-state index contributed by atoms with van der Waals surface area (Å²) in [6.07, 6.45) is 0.794. The van der Waals surface area contributed by atoms with Crippen LogP contribution in [-0.2, 0) is 4.79 Å². The smallest absolute Gasteiger partial charge is 0.237 e. The largest absolute Gasteiger partial charge is 0.353 e. The number of rotatable bonds is 6. The van der Waals surface area contributed by atoms with Crippen LogP contribution in [0.25, 0.3) is 0 Å². The third-order valence-corrected chi connectivity index (χ3v) is 2.93. The summed E-state index contributed by atoms with van der Waals surface area (Å²) in [6, 6.07) is 6.27. The van der Waals surface area contributed by atoms with E-state index in [-0.39, 0.29) is 29.8 Å². The standard InChI is InChI=1S/C15H23FN2O/c1-5-14(12-7-6-8-13(16)9-12)18-11(4)15(19)17-10(2)3/h6-11,14,18H,5H2,1-4H3,(H,17,19). The molecule has 19 heavy (non-hydrogen) atoms. The zero-order valence-electron chi connectivity index (χ0n) is 12.0. The van der Waals surface area contributed by atoms with Gasteiger partial charge in [-0.1, -0.05) is 19.1 Å². The summed E-state index contributed by atoms with van der Waals surface area (Å²) in [5.41, 5.74) is 0.867. The lowest BCUT2D eigenvalue weighted by atomic mass is 10.0. The number of benzene rings is 1. The van der Waals surface area contributed by atoms with E-state index in [4.69, 9.17) is 0 Å². The van der Waals surface area contributed by atoms with Gasteiger partial charge >= 0.3 is 0 Å². The Bertz CT molecular complexity index is 420. The van der Waals surface area contributed by atoms with Crippen LogP contribution in [0, 0.1) is 5.82 Å². The molecule has 0 saturated carbocycles. The van der Waals surface area contributed by atoms with Crippen LogP contribution in [0.5, 0.6) is 0 Å². The lowest BCUT2D eigenvalue weighted by Crippen LogP contribution is -2.45. The van der Waals surface area contributed by atoms with E-state index < -0.39 is 0 Å². The monoisotopic (exact) mass is 266 g/mol. The van der Waals surface area contributed by atoms with Crippen molar-refractivity contribution in [3.05, 3.63) is 35.6 Å². The third-order valence-electron chi connectivity index (χ3n) is 2.93. The molecule has 1 amide bonds. The molecule has 2 atom stereocenters. The van der Waals surface area contributed by atoms with E-state index in [0.717, 1.165) is 12.0 Å². The van der Waals surface area contributed by atoms with Gasteiger partial charge in [0.1, 0.15) is 5.82 Å². The molecular weight excluding hydrogens is 243 g/mol. The fourth-order valence-corrected chi connectivity index (χ4v) is 1.96. The van der Waals surface area contributed by atoms with Gasteiger partial charge in [0.25, 0.3) is 0 Å². The number of carbonyl (C=O) groups is 1. The molecule has 0 aliphatic rings. The molecule has 0 aliphatic heterocycles. The van der Waals surface area contributed by atoms with E-state index in [1.54, 1.807) is 6.07 Å². The molecule has 2 N–H and O–H groups in total. The normalized spacial score (nSPS) is 14.2. The van der Waals surface area contributed by atoms with Gasteiger partial charge in [-0.25, -0.2) is 4.39 Å². The lowest BCUT2D eigenvalue weighted by Gasteiger charge is -2.23. The summed E-state index contributed by atoms with van der Waals surface area (Å²) >= 11 is 0. The Labute approximate surface area is 114 Å². The molecule has 0 aromatic heterocycles. The van der Waals surface area contributed by atoms with Gasteiger partial charge in [-0.05, 0) is 44.9 Å². The molecule has 0 spiro atoms. The molecule has 2 unspecified atom stereocenters. The number of hydrogen-bond donors (Lipinski definition) is 2. The second-order valence-corrected chi connectivity index (χ2v) is 5.07. The summed E-state index contributed by atoms with van der Waals surface area (Å²) in [6.45, 7) is 7.68. The van der Waals surface area contributed by atoms with Crippen molar-refractivity contribution in [3.8, 4) is 0 Å².